The van der Waals surface area contributed by atoms with E-state index in [1.54, 1.807) is 27.8 Å². The Hall–Kier alpha value is -1.30. The summed E-state index contributed by atoms with van der Waals surface area (Å²) in [4.78, 5) is 22.0. The van der Waals surface area contributed by atoms with Gasteiger partial charge in [0.25, 0.3) is 0 Å². The van der Waals surface area contributed by atoms with Gasteiger partial charge in [0.2, 0.25) is 5.91 Å². The minimum Gasteiger partial charge on any atom is -0.444 e. The molecule has 0 radical (unpaired) electrons. The summed E-state index contributed by atoms with van der Waals surface area (Å²) in [5, 5.41) is 5.05. The monoisotopic (exact) mass is 246 g/mol. The van der Waals surface area contributed by atoms with Gasteiger partial charge in [0.1, 0.15) is 5.60 Å². The van der Waals surface area contributed by atoms with Crippen molar-refractivity contribution in [1.29, 1.82) is 0 Å². The van der Waals surface area contributed by atoms with E-state index in [2.05, 4.69) is 10.6 Å². The van der Waals surface area contributed by atoms with Crippen LogP contribution in [0.15, 0.2) is 0 Å². The first-order valence-electron chi connectivity index (χ1n) is 5.60. The van der Waals surface area contributed by atoms with Gasteiger partial charge in [-0.1, -0.05) is 0 Å². The molecule has 6 nitrogen and oxygen atoms in total. The number of alkyl carbamates (subject to hydrolysis) is 1. The van der Waals surface area contributed by atoms with E-state index in [1.807, 2.05) is 0 Å². The highest BCUT2D eigenvalue weighted by atomic mass is 16.6. The van der Waals surface area contributed by atoms with Crippen molar-refractivity contribution in [3.05, 3.63) is 0 Å². The first kappa shape index (κ1) is 15.7. The van der Waals surface area contributed by atoms with Gasteiger partial charge in [-0.15, -0.1) is 0 Å². The van der Waals surface area contributed by atoms with Crippen LogP contribution in [0, 0.1) is 0 Å². The second kappa shape index (κ2) is 7.89. The molecule has 2 amide bonds. The Bertz CT molecular complexity index is 248. The third-order valence-corrected chi connectivity index (χ3v) is 1.67. The predicted molar refractivity (Wildman–Crippen MR) is 63.7 cm³/mol. The van der Waals surface area contributed by atoms with Crippen LogP contribution in [0.3, 0.4) is 0 Å². The first-order chi connectivity index (χ1) is 7.85. The molecule has 0 unspecified atom stereocenters. The van der Waals surface area contributed by atoms with Crippen molar-refractivity contribution in [3.63, 3.8) is 0 Å². The largest absolute Gasteiger partial charge is 0.444 e. The first-order valence-corrected chi connectivity index (χ1v) is 5.60. The molecule has 0 heterocycles. The number of rotatable bonds is 6. The molecule has 0 aliphatic carbocycles. The number of amides is 2. The fraction of sp³-hybridized carbons (Fsp3) is 0.818. The van der Waals surface area contributed by atoms with Crippen molar-refractivity contribution in [2.45, 2.75) is 32.8 Å². The van der Waals surface area contributed by atoms with Crippen LogP contribution in [0.25, 0.3) is 0 Å². The molecule has 0 rings (SSSR count). The van der Waals surface area contributed by atoms with Crippen molar-refractivity contribution >= 4 is 12.0 Å². The zero-order valence-corrected chi connectivity index (χ0v) is 11.0. The molecular formula is C11H22N2O4. The zero-order valence-electron chi connectivity index (χ0n) is 11.0. The van der Waals surface area contributed by atoms with Crippen molar-refractivity contribution in [3.8, 4) is 0 Å². The Morgan fingerprint density at radius 2 is 1.82 bits per heavy atom. The third kappa shape index (κ3) is 11.0. The van der Waals surface area contributed by atoms with Crippen LogP contribution in [0.4, 0.5) is 4.79 Å². The van der Waals surface area contributed by atoms with E-state index in [0.717, 1.165) is 0 Å². The summed E-state index contributed by atoms with van der Waals surface area (Å²) in [5.41, 5.74) is -0.496. The number of hydrogen-bond donors (Lipinski definition) is 2. The lowest BCUT2D eigenvalue weighted by Gasteiger charge is -2.19. The van der Waals surface area contributed by atoms with Gasteiger partial charge in [0.15, 0.2) is 0 Å². The van der Waals surface area contributed by atoms with E-state index in [9.17, 15) is 9.59 Å². The minimum atomic E-state index is -0.496. The molecule has 6 heteroatoms. The molecule has 0 saturated carbocycles. The average Bonchev–Trinajstić information content (AvgIpc) is 2.20. The third-order valence-electron chi connectivity index (χ3n) is 1.67. The molecule has 2 N–H and O–H groups in total. The van der Waals surface area contributed by atoms with Crippen LogP contribution in [0.1, 0.15) is 27.2 Å². The number of hydrogen-bond acceptors (Lipinski definition) is 4. The number of ether oxygens (including phenoxy) is 2. The van der Waals surface area contributed by atoms with Crippen LogP contribution < -0.4 is 10.6 Å². The Morgan fingerprint density at radius 1 is 1.18 bits per heavy atom. The van der Waals surface area contributed by atoms with E-state index in [0.29, 0.717) is 26.2 Å². The molecule has 100 valence electrons. The summed E-state index contributed by atoms with van der Waals surface area (Å²) in [6, 6.07) is 0. The van der Waals surface area contributed by atoms with Crippen molar-refractivity contribution in [2.24, 2.45) is 0 Å². The van der Waals surface area contributed by atoms with Gasteiger partial charge in [0.05, 0.1) is 13.2 Å². The summed E-state index contributed by atoms with van der Waals surface area (Å²) >= 11 is 0. The Morgan fingerprint density at radius 3 is 2.35 bits per heavy atom. The van der Waals surface area contributed by atoms with Crippen molar-refractivity contribution in [1.82, 2.24) is 10.6 Å². The highest BCUT2D eigenvalue weighted by molar-refractivity contribution is 5.75. The summed E-state index contributed by atoms with van der Waals surface area (Å²) in [6.45, 7) is 6.46. The smallest absolute Gasteiger partial charge is 0.407 e. The Balaban J connectivity index is 3.40. The molecule has 17 heavy (non-hydrogen) atoms. The highest BCUT2D eigenvalue weighted by Gasteiger charge is 2.15. The second-order valence-corrected chi connectivity index (χ2v) is 4.46. The number of nitrogens with one attached hydrogen (secondary N) is 2. The average molecular weight is 246 g/mol. The van der Waals surface area contributed by atoms with Crippen LogP contribution in [-0.2, 0) is 14.3 Å². The Kier molecular flexibility index (Phi) is 7.29. The summed E-state index contributed by atoms with van der Waals surface area (Å²) in [6.07, 6.45) is -0.143. The fourth-order valence-electron chi connectivity index (χ4n) is 0.931. The van der Waals surface area contributed by atoms with E-state index in [4.69, 9.17) is 9.47 Å². The fourth-order valence-corrected chi connectivity index (χ4v) is 0.931. The number of carbonyl (C=O) groups is 2. The zero-order chi connectivity index (χ0) is 13.3. The minimum absolute atomic E-state index is 0.0647. The van der Waals surface area contributed by atoms with Crippen LogP contribution >= 0.6 is 0 Å². The van der Waals surface area contributed by atoms with E-state index in [1.165, 1.54) is 0 Å². The van der Waals surface area contributed by atoms with Crippen LogP contribution in [0.5, 0.6) is 0 Å². The molecule has 0 aromatic heterocycles. The van der Waals surface area contributed by atoms with Crippen LogP contribution in [0.2, 0.25) is 0 Å². The van der Waals surface area contributed by atoms with Crippen molar-refractivity contribution in [2.75, 3.05) is 26.8 Å². The molecule has 0 aliphatic heterocycles. The number of carbonyl (C=O) groups excluding carboxylic acids is 2. The molecule has 0 spiro atoms. The van der Waals surface area contributed by atoms with Gasteiger partial charge >= 0.3 is 6.09 Å². The highest BCUT2D eigenvalue weighted by Crippen LogP contribution is 2.05. The molecular weight excluding hydrogens is 224 g/mol. The molecule has 0 aliphatic rings. The molecule has 0 saturated heterocycles. The lowest BCUT2D eigenvalue weighted by molar-refractivity contribution is -0.121. The summed E-state index contributed by atoms with van der Waals surface area (Å²) in [5.74, 6) is -0.0647. The SMILES string of the molecule is CNC(=O)CCOCCNC(=O)OC(C)(C)C. The predicted octanol–water partition coefficient (Wildman–Crippen LogP) is 0.664. The lowest BCUT2D eigenvalue weighted by Crippen LogP contribution is -2.34. The lowest BCUT2D eigenvalue weighted by atomic mass is 10.2. The molecule has 0 aromatic rings. The van der Waals surface area contributed by atoms with Gasteiger partial charge in [-0.2, -0.15) is 0 Å². The summed E-state index contributed by atoms with van der Waals surface area (Å²) in [7, 11) is 1.58. The standard InChI is InChI=1S/C11H22N2O4/c1-11(2,3)17-10(15)13-6-8-16-7-5-9(14)12-4/h5-8H2,1-4H3,(H,12,14)(H,13,15). The topological polar surface area (TPSA) is 76.7 Å². The Labute approximate surface area is 102 Å². The van der Waals surface area contributed by atoms with E-state index < -0.39 is 11.7 Å². The molecule has 0 fully saturated rings. The second-order valence-electron chi connectivity index (χ2n) is 4.46. The van der Waals surface area contributed by atoms with Crippen LogP contribution in [-0.4, -0.2) is 44.4 Å². The van der Waals surface area contributed by atoms with Gasteiger partial charge < -0.3 is 20.1 Å². The quantitative estimate of drug-likeness (QED) is 0.675. The van der Waals surface area contributed by atoms with Gasteiger partial charge in [-0.25, -0.2) is 4.79 Å². The maximum absolute atomic E-state index is 11.2. The van der Waals surface area contributed by atoms with Crippen molar-refractivity contribution < 1.29 is 19.1 Å². The van der Waals surface area contributed by atoms with E-state index >= 15 is 0 Å². The van der Waals surface area contributed by atoms with Gasteiger partial charge in [-0.05, 0) is 20.8 Å². The maximum Gasteiger partial charge on any atom is 0.407 e. The maximum atomic E-state index is 11.2. The molecule has 0 aromatic carbocycles. The van der Waals surface area contributed by atoms with E-state index in [-0.39, 0.29) is 5.91 Å². The summed E-state index contributed by atoms with van der Waals surface area (Å²) < 4.78 is 10.2. The van der Waals surface area contributed by atoms with Gasteiger partial charge in [-0.3, -0.25) is 4.79 Å². The van der Waals surface area contributed by atoms with Gasteiger partial charge in [0, 0.05) is 20.0 Å². The molecule has 0 bridgehead atoms. The molecule has 0 atom stereocenters. The normalized spacial score (nSPS) is 10.8.